The van der Waals surface area contributed by atoms with Crippen molar-refractivity contribution >= 4 is 40.3 Å². The third-order valence-corrected chi connectivity index (χ3v) is 2.99. The van der Waals surface area contributed by atoms with E-state index in [1.807, 2.05) is 0 Å². The van der Waals surface area contributed by atoms with Crippen LogP contribution >= 0.6 is 23.8 Å². The molecule has 0 saturated carbocycles. The predicted molar refractivity (Wildman–Crippen MR) is 80.5 cm³/mol. The summed E-state index contributed by atoms with van der Waals surface area (Å²) in [6, 6.07) is 8.29. The van der Waals surface area contributed by atoms with Crippen LogP contribution < -0.4 is 10.6 Å². The van der Waals surface area contributed by atoms with Crippen molar-refractivity contribution in [3.63, 3.8) is 0 Å². The number of benzene rings is 1. The van der Waals surface area contributed by atoms with Crippen molar-refractivity contribution in [2.75, 3.05) is 10.6 Å². The lowest BCUT2D eigenvalue weighted by Crippen LogP contribution is -2.21. The molecule has 0 unspecified atom stereocenters. The van der Waals surface area contributed by atoms with Crippen LogP contribution in [0, 0.1) is 0 Å². The Balaban J connectivity index is 2.16. The van der Waals surface area contributed by atoms with Crippen LogP contribution in [0.4, 0.5) is 24.5 Å². The van der Waals surface area contributed by atoms with Crippen molar-refractivity contribution in [1.29, 1.82) is 0 Å². The predicted octanol–water partition coefficient (Wildman–Crippen LogP) is 4.56. The first-order valence-electron chi connectivity index (χ1n) is 5.72. The van der Waals surface area contributed by atoms with Crippen LogP contribution in [-0.4, -0.2) is 10.1 Å². The summed E-state index contributed by atoms with van der Waals surface area (Å²) < 4.78 is 38.6. The molecule has 3 nitrogen and oxygen atoms in total. The average molecular weight is 332 g/mol. The van der Waals surface area contributed by atoms with E-state index in [-0.39, 0.29) is 16.0 Å². The zero-order valence-electron chi connectivity index (χ0n) is 10.4. The van der Waals surface area contributed by atoms with Crippen LogP contribution in [0.25, 0.3) is 0 Å². The molecule has 0 radical (unpaired) electrons. The molecule has 0 atom stereocenters. The monoisotopic (exact) mass is 331 g/mol. The number of anilines is 2. The maximum absolute atomic E-state index is 12.9. The Morgan fingerprint density at radius 3 is 2.33 bits per heavy atom. The Hall–Kier alpha value is -1.86. The molecule has 0 aliphatic rings. The highest BCUT2D eigenvalue weighted by atomic mass is 35.5. The Bertz CT molecular complexity index is 661. The third-order valence-electron chi connectivity index (χ3n) is 2.49. The van der Waals surface area contributed by atoms with Crippen LogP contribution in [0.3, 0.4) is 0 Å². The lowest BCUT2D eigenvalue weighted by atomic mass is 10.1. The first kappa shape index (κ1) is 15.5. The molecule has 0 spiro atoms. The van der Waals surface area contributed by atoms with Gasteiger partial charge >= 0.3 is 6.18 Å². The number of rotatable bonds is 2. The van der Waals surface area contributed by atoms with Gasteiger partial charge in [-0.1, -0.05) is 23.7 Å². The van der Waals surface area contributed by atoms with Crippen molar-refractivity contribution in [1.82, 2.24) is 4.98 Å². The van der Waals surface area contributed by atoms with Crippen LogP contribution in [0.1, 0.15) is 5.56 Å². The Labute approximate surface area is 129 Å². The smallest absolute Gasteiger partial charge is 0.332 e. The van der Waals surface area contributed by atoms with Gasteiger partial charge in [-0.2, -0.15) is 13.2 Å². The van der Waals surface area contributed by atoms with Gasteiger partial charge in [-0.15, -0.1) is 0 Å². The minimum Gasteiger partial charge on any atom is -0.332 e. The average Bonchev–Trinajstić information content (AvgIpc) is 2.41. The molecule has 0 aliphatic carbocycles. The second-order valence-corrected chi connectivity index (χ2v) is 4.73. The van der Waals surface area contributed by atoms with E-state index in [9.17, 15) is 13.2 Å². The van der Waals surface area contributed by atoms with E-state index < -0.39 is 11.7 Å². The van der Waals surface area contributed by atoms with E-state index in [1.54, 1.807) is 12.1 Å². The second-order valence-electron chi connectivity index (χ2n) is 3.96. The second kappa shape index (κ2) is 6.28. The van der Waals surface area contributed by atoms with Crippen LogP contribution in [0.15, 0.2) is 42.6 Å². The van der Waals surface area contributed by atoms with Gasteiger partial charge in [0.25, 0.3) is 0 Å². The third kappa shape index (κ3) is 4.05. The fourth-order valence-electron chi connectivity index (χ4n) is 1.59. The number of hydrogen-bond donors (Lipinski definition) is 2. The zero-order chi connectivity index (χ0) is 15.5. The first-order valence-corrected chi connectivity index (χ1v) is 6.51. The summed E-state index contributed by atoms with van der Waals surface area (Å²) in [6.07, 6.45) is -2.98. The molecule has 1 heterocycles. The van der Waals surface area contributed by atoms with E-state index in [1.165, 1.54) is 24.4 Å². The van der Waals surface area contributed by atoms with Gasteiger partial charge in [-0.05, 0) is 36.5 Å². The highest BCUT2D eigenvalue weighted by molar-refractivity contribution is 7.80. The molecule has 0 fully saturated rings. The fraction of sp³-hybridized carbons (Fsp3) is 0.0769. The molecule has 1 aromatic carbocycles. The first-order chi connectivity index (χ1) is 9.88. The summed E-state index contributed by atoms with van der Waals surface area (Å²) >= 11 is 10.8. The SMILES string of the molecule is FC(F)(F)c1ccccc1NC(=S)Nc1cccnc1Cl. The van der Waals surface area contributed by atoms with Gasteiger partial charge in [0.1, 0.15) is 0 Å². The minimum absolute atomic E-state index is 0.0124. The van der Waals surface area contributed by atoms with Crippen molar-refractivity contribution in [3.8, 4) is 0 Å². The van der Waals surface area contributed by atoms with Gasteiger partial charge in [0.15, 0.2) is 10.3 Å². The molecular weight excluding hydrogens is 323 g/mol. The van der Waals surface area contributed by atoms with Gasteiger partial charge in [0, 0.05) is 6.20 Å². The molecule has 0 aliphatic heterocycles. The molecule has 1 aromatic heterocycles. The lowest BCUT2D eigenvalue weighted by Gasteiger charge is -2.15. The molecule has 2 aromatic rings. The molecule has 0 saturated heterocycles. The number of para-hydroxylation sites is 1. The number of hydrogen-bond acceptors (Lipinski definition) is 2. The molecule has 110 valence electrons. The zero-order valence-corrected chi connectivity index (χ0v) is 12.0. The Morgan fingerprint density at radius 1 is 1.05 bits per heavy atom. The standard InChI is InChI=1S/C13H9ClF3N3S/c14-11-10(6-3-7-18-11)20-12(21)19-9-5-2-1-4-8(9)13(15,16)17/h1-7H,(H2,19,20,21). The van der Waals surface area contributed by atoms with Gasteiger partial charge in [-0.25, -0.2) is 4.98 Å². The van der Waals surface area contributed by atoms with Crippen molar-refractivity contribution in [2.24, 2.45) is 0 Å². The fourth-order valence-corrected chi connectivity index (χ4v) is 1.98. The van der Waals surface area contributed by atoms with Gasteiger partial charge in [0.2, 0.25) is 0 Å². The number of pyridine rings is 1. The number of thiocarbonyl (C=S) groups is 1. The van der Waals surface area contributed by atoms with Crippen LogP contribution in [0.2, 0.25) is 5.15 Å². The maximum atomic E-state index is 12.9. The summed E-state index contributed by atoms with van der Waals surface area (Å²) in [6.45, 7) is 0. The molecular formula is C13H9ClF3N3S. The summed E-state index contributed by atoms with van der Waals surface area (Å²) in [5.41, 5.74) is -0.532. The highest BCUT2D eigenvalue weighted by Crippen LogP contribution is 2.34. The summed E-state index contributed by atoms with van der Waals surface area (Å²) in [5.74, 6) is 0. The largest absolute Gasteiger partial charge is 0.418 e. The maximum Gasteiger partial charge on any atom is 0.418 e. The molecule has 21 heavy (non-hydrogen) atoms. The minimum atomic E-state index is -4.47. The molecule has 0 bridgehead atoms. The summed E-state index contributed by atoms with van der Waals surface area (Å²) in [7, 11) is 0. The molecule has 2 rings (SSSR count). The van der Waals surface area contributed by atoms with E-state index >= 15 is 0 Å². The van der Waals surface area contributed by atoms with E-state index in [2.05, 4.69) is 15.6 Å². The summed E-state index contributed by atoms with van der Waals surface area (Å²) in [5, 5.41) is 5.36. The van der Waals surface area contributed by atoms with Crippen LogP contribution in [-0.2, 0) is 6.18 Å². The number of nitrogens with one attached hydrogen (secondary N) is 2. The van der Waals surface area contributed by atoms with Gasteiger partial charge < -0.3 is 10.6 Å². The van der Waals surface area contributed by atoms with E-state index in [0.717, 1.165) is 6.07 Å². The van der Waals surface area contributed by atoms with Crippen molar-refractivity contribution < 1.29 is 13.2 Å². The summed E-state index contributed by atoms with van der Waals surface area (Å²) in [4.78, 5) is 3.83. The quantitative estimate of drug-likeness (QED) is 0.624. The topological polar surface area (TPSA) is 37.0 Å². The number of alkyl halides is 3. The normalized spacial score (nSPS) is 11.0. The van der Waals surface area contributed by atoms with Crippen LogP contribution in [0.5, 0.6) is 0 Å². The highest BCUT2D eigenvalue weighted by Gasteiger charge is 2.33. The Kier molecular flexibility index (Phi) is 4.64. The van der Waals surface area contributed by atoms with E-state index in [4.69, 9.17) is 23.8 Å². The van der Waals surface area contributed by atoms with Crippen molar-refractivity contribution in [2.45, 2.75) is 6.18 Å². The number of aromatic nitrogens is 1. The Morgan fingerprint density at radius 2 is 1.67 bits per heavy atom. The van der Waals surface area contributed by atoms with Gasteiger partial charge in [0.05, 0.1) is 16.9 Å². The lowest BCUT2D eigenvalue weighted by molar-refractivity contribution is -0.136. The van der Waals surface area contributed by atoms with Gasteiger partial charge in [-0.3, -0.25) is 0 Å². The molecule has 8 heteroatoms. The van der Waals surface area contributed by atoms with E-state index in [0.29, 0.717) is 5.69 Å². The molecule has 2 N–H and O–H groups in total. The number of halogens is 4. The molecule has 0 amide bonds. The number of nitrogens with zero attached hydrogens (tertiary/aromatic N) is 1. The van der Waals surface area contributed by atoms with Crippen molar-refractivity contribution in [3.05, 3.63) is 53.3 Å².